The van der Waals surface area contributed by atoms with Gasteiger partial charge >= 0.3 is 0 Å². The molecule has 1 amide bonds. The van der Waals surface area contributed by atoms with E-state index in [0.29, 0.717) is 0 Å². The van der Waals surface area contributed by atoms with Crippen LogP contribution in [0, 0.1) is 5.41 Å². The predicted molar refractivity (Wildman–Crippen MR) is 77.3 cm³/mol. The average Bonchev–Trinajstić information content (AvgIpc) is 2.08. The minimum absolute atomic E-state index is 0.0340. The molecule has 0 spiro atoms. The monoisotopic (exact) mass is 260 g/mol. The Kier molecular flexibility index (Phi) is 6.56. The van der Waals surface area contributed by atoms with E-state index in [1.807, 2.05) is 6.26 Å². The number of carbonyl (C=O) groups is 1. The van der Waals surface area contributed by atoms with Crippen LogP contribution in [-0.4, -0.2) is 29.5 Å². The van der Waals surface area contributed by atoms with Crippen LogP contribution in [-0.2, 0) is 4.79 Å². The molecule has 0 fully saturated rings. The molecule has 0 saturated carbocycles. The normalized spacial score (nSPS) is 14.5. The fourth-order valence-corrected chi connectivity index (χ4v) is 2.66. The van der Waals surface area contributed by atoms with Crippen LogP contribution >= 0.6 is 11.8 Å². The van der Waals surface area contributed by atoms with E-state index in [1.165, 1.54) is 0 Å². The third-order valence-electron chi connectivity index (χ3n) is 2.40. The molecular formula is C13H28N2OS. The van der Waals surface area contributed by atoms with E-state index in [9.17, 15) is 4.79 Å². The van der Waals surface area contributed by atoms with Crippen molar-refractivity contribution in [2.75, 3.05) is 12.0 Å². The predicted octanol–water partition coefficient (Wildman–Crippen LogP) is 2.40. The number of nitrogens with two attached hydrogens (primary N) is 1. The standard InChI is InChI=1S/C13H28N2OS/c1-12(2,3)9-13(4,5)15-11(16)10(14)7-8-17-6/h10H,7-9,14H2,1-6H3,(H,15,16)/t10-/m0/s1. The van der Waals surface area contributed by atoms with Crippen LogP contribution in [0.15, 0.2) is 0 Å². The summed E-state index contributed by atoms with van der Waals surface area (Å²) in [6.07, 6.45) is 3.69. The molecule has 0 aromatic rings. The molecule has 0 aliphatic heterocycles. The zero-order valence-electron chi connectivity index (χ0n) is 12.1. The molecule has 0 radical (unpaired) electrons. The van der Waals surface area contributed by atoms with Gasteiger partial charge in [0.25, 0.3) is 0 Å². The van der Waals surface area contributed by atoms with Crippen molar-refractivity contribution in [2.24, 2.45) is 11.1 Å². The second-order valence-corrected chi connectivity index (χ2v) is 7.48. The number of rotatable bonds is 6. The van der Waals surface area contributed by atoms with Crippen molar-refractivity contribution in [1.82, 2.24) is 5.32 Å². The first kappa shape index (κ1) is 16.8. The Morgan fingerprint density at radius 2 is 1.82 bits per heavy atom. The van der Waals surface area contributed by atoms with Crippen molar-refractivity contribution in [3.05, 3.63) is 0 Å². The summed E-state index contributed by atoms with van der Waals surface area (Å²) in [7, 11) is 0. The number of hydrogen-bond acceptors (Lipinski definition) is 3. The quantitative estimate of drug-likeness (QED) is 0.771. The van der Waals surface area contributed by atoms with Crippen molar-refractivity contribution in [3.63, 3.8) is 0 Å². The first-order valence-corrected chi connectivity index (χ1v) is 7.53. The molecule has 0 aliphatic carbocycles. The maximum absolute atomic E-state index is 11.9. The summed E-state index contributed by atoms with van der Waals surface area (Å²) >= 11 is 1.72. The molecule has 0 aromatic heterocycles. The Hall–Kier alpha value is -0.220. The van der Waals surface area contributed by atoms with E-state index in [1.54, 1.807) is 11.8 Å². The molecule has 1 atom stereocenters. The summed E-state index contributed by atoms with van der Waals surface area (Å²) in [5.74, 6) is 0.891. The van der Waals surface area contributed by atoms with E-state index >= 15 is 0 Å². The van der Waals surface area contributed by atoms with E-state index in [2.05, 4.69) is 39.9 Å². The van der Waals surface area contributed by atoms with Gasteiger partial charge in [-0.15, -0.1) is 0 Å². The molecule has 0 unspecified atom stereocenters. The highest BCUT2D eigenvalue weighted by Gasteiger charge is 2.28. The molecule has 0 heterocycles. The maximum atomic E-state index is 11.9. The van der Waals surface area contributed by atoms with Crippen LogP contribution < -0.4 is 11.1 Å². The first-order chi connectivity index (χ1) is 7.57. The van der Waals surface area contributed by atoms with Crippen LogP contribution in [0.1, 0.15) is 47.5 Å². The van der Waals surface area contributed by atoms with Gasteiger partial charge in [-0.3, -0.25) is 4.79 Å². The summed E-state index contributed by atoms with van der Waals surface area (Å²) in [4.78, 5) is 11.9. The van der Waals surface area contributed by atoms with E-state index < -0.39 is 0 Å². The number of nitrogens with one attached hydrogen (secondary N) is 1. The summed E-state index contributed by atoms with van der Waals surface area (Å²) in [6, 6.07) is -0.387. The molecule has 0 rings (SSSR count). The number of carbonyl (C=O) groups excluding carboxylic acids is 1. The lowest BCUT2D eigenvalue weighted by Crippen LogP contribution is -2.52. The lowest BCUT2D eigenvalue weighted by Gasteiger charge is -2.34. The lowest BCUT2D eigenvalue weighted by atomic mass is 9.81. The molecule has 17 heavy (non-hydrogen) atoms. The highest BCUT2D eigenvalue weighted by molar-refractivity contribution is 7.98. The Morgan fingerprint density at radius 3 is 2.24 bits per heavy atom. The molecule has 3 nitrogen and oxygen atoms in total. The van der Waals surface area contributed by atoms with Crippen molar-refractivity contribution in [1.29, 1.82) is 0 Å². The Bertz CT molecular complexity index is 246. The highest BCUT2D eigenvalue weighted by Crippen LogP contribution is 2.26. The third kappa shape index (κ3) is 8.50. The Balaban J connectivity index is 4.26. The second-order valence-electron chi connectivity index (χ2n) is 6.50. The van der Waals surface area contributed by atoms with Gasteiger partial charge in [-0.2, -0.15) is 11.8 Å². The van der Waals surface area contributed by atoms with Crippen LogP contribution in [0.4, 0.5) is 0 Å². The summed E-state index contributed by atoms with van der Waals surface area (Å²) in [5, 5.41) is 3.05. The zero-order chi connectivity index (χ0) is 13.7. The molecule has 0 aromatic carbocycles. The van der Waals surface area contributed by atoms with Crippen molar-refractivity contribution < 1.29 is 4.79 Å². The largest absolute Gasteiger partial charge is 0.350 e. The molecule has 0 saturated heterocycles. The molecule has 0 aliphatic rings. The molecule has 102 valence electrons. The SMILES string of the molecule is CSCC[C@H](N)C(=O)NC(C)(C)CC(C)(C)C. The van der Waals surface area contributed by atoms with Gasteiger partial charge in [-0.25, -0.2) is 0 Å². The number of thioether (sulfide) groups is 1. The van der Waals surface area contributed by atoms with Crippen molar-refractivity contribution in [3.8, 4) is 0 Å². The number of amides is 1. The van der Waals surface area contributed by atoms with Crippen LogP contribution in [0.3, 0.4) is 0 Å². The van der Waals surface area contributed by atoms with Gasteiger partial charge in [-0.05, 0) is 44.1 Å². The minimum Gasteiger partial charge on any atom is -0.350 e. The number of hydrogen-bond donors (Lipinski definition) is 2. The van der Waals surface area contributed by atoms with E-state index in [4.69, 9.17) is 5.73 Å². The van der Waals surface area contributed by atoms with Crippen molar-refractivity contribution >= 4 is 17.7 Å². The molecule has 0 bridgehead atoms. The summed E-state index contributed by atoms with van der Waals surface area (Å²) in [5.41, 5.74) is 5.84. The smallest absolute Gasteiger partial charge is 0.237 e. The highest BCUT2D eigenvalue weighted by atomic mass is 32.2. The molecule has 4 heteroatoms. The average molecular weight is 260 g/mol. The van der Waals surface area contributed by atoms with Gasteiger partial charge in [0.05, 0.1) is 6.04 Å². The van der Waals surface area contributed by atoms with Crippen LogP contribution in [0.2, 0.25) is 0 Å². The molecule has 3 N–H and O–H groups in total. The summed E-state index contributed by atoms with van der Waals surface area (Å²) in [6.45, 7) is 10.6. The fraction of sp³-hybridized carbons (Fsp3) is 0.923. The van der Waals surface area contributed by atoms with Gasteiger partial charge in [0.2, 0.25) is 5.91 Å². The van der Waals surface area contributed by atoms with E-state index in [0.717, 1.165) is 18.6 Å². The van der Waals surface area contributed by atoms with Gasteiger partial charge in [0.15, 0.2) is 0 Å². The zero-order valence-corrected chi connectivity index (χ0v) is 12.9. The van der Waals surface area contributed by atoms with Crippen LogP contribution in [0.5, 0.6) is 0 Å². The van der Waals surface area contributed by atoms with Gasteiger partial charge in [-0.1, -0.05) is 20.8 Å². The van der Waals surface area contributed by atoms with E-state index in [-0.39, 0.29) is 22.9 Å². The van der Waals surface area contributed by atoms with Crippen LogP contribution in [0.25, 0.3) is 0 Å². The summed E-state index contributed by atoms with van der Waals surface area (Å²) < 4.78 is 0. The Labute approximate surface area is 110 Å². The van der Waals surface area contributed by atoms with Gasteiger partial charge < -0.3 is 11.1 Å². The first-order valence-electron chi connectivity index (χ1n) is 6.14. The third-order valence-corrected chi connectivity index (χ3v) is 3.05. The van der Waals surface area contributed by atoms with Gasteiger partial charge in [0.1, 0.15) is 0 Å². The topological polar surface area (TPSA) is 55.1 Å². The maximum Gasteiger partial charge on any atom is 0.237 e. The van der Waals surface area contributed by atoms with Crippen molar-refractivity contribution in [2.45, 2.75) is 59.0 Å². The lowest BCUT2D eigenvalue weighted by molar-refractivity contribution is -0.124. The Morgan fingerprint density at radius 1 is 1.29 bits per heavy atom. The minimum atomic E-state index is -0.387. The fourth-order valence-electron chi connectivity index (χ4n) is 2.17. The van der Waals surface area contributed by atoms with Gasteiger partial charge in [0, 0.05) is 5.54 Å². The second kappa shape index (κ2) is 6.64. The molecular weight excluding hydrogens is 232 g/mol.